The number of nitrogens with one attached hydrogen (secondary N) is 1. The van der Waals surface area contributed by atoms with E-state index in [0.717, 1.165) is 25.9 Å². The lowest BCUT2D eigenvalue weighted by Crippen LogP contribution is -2.36. The van der Waals surface area contributed by atoms with Crippen LogP contribution in [0.25, 0.3) is 0 Å². The minimum absolute atomic E-state index is 0.00983. The molecule has 126 valence electrons. The second kappa shape index (κ2) is 7.43. The summed E-state index contributed by atoms with van der Waals surface area (Å²) in [5, 5.41) is 3.38. The van der Waals surface area contributed by atoms with E-state index in [4.69, 9.17) is 0 Å². The molecule has 2 heterocycles. The number of carbonyl (C=O) groups excluding carboxylic acids is 1. The number of hydrogen-bond donors (Lipinski definition) is 1. The third-order valence-corrected chi connectivity index (χ3v) is 4.36. The maximum Gasteiger partial charge on any atom is 0.272 e. The van der Waals surface area contributed by atoms with Gasteiger partial charge >= 0.3 is 0 Å². The number of amides is 1. The standard InChI is InChI=1S/C19H24N4O/c1-14(16-9-5-3-6-10-16)20-18-13-17(21-15(2)22-18)19(24)23-11-7-4-8-12-23/h3,5-6,9-10,13-14H,4,7-8,11-12H2,1-2H3,(H,20,21,22). The van der Waals surface area contributed by atoms with Crippen LogP contribution in [0.5, 0.6) is 0 Å². The summed E-state index contributed by atoms with van der Waals surface area (Å²) in [7, 11) is 0. The molecule has 1 unspecified atom stereocenters. The Morgan fingerprint density at radius 3 is 2.54 bits per heavy atom. The highest BCUT2D eigenvalue weighted by molar-refractivity contribution is 5.93. The zero-order valence-electron chi connectivity index (χ0n) is 14.3. The monoisotopic (exact) mass is 324 g/mol. The van der Waals surface area contributed by atoms with Crippen molar-refractivity contribution in [2.24, 2.45) is 0 Å². The van der Waals surface area contributed by atoms with Gasteiger partial charge in [0.2, 0.25) is 0 Å². The lowest BCUT2D eigenvalue weighted by molar-refractivity contribution is 0.0718. The fraction of sp³-hybridized carbons (Fsp3) is 0.421. The van der Waals surface area contributed by atoms with Crippen molar-refractivity contribution in [2.75, 3.05) is 18.4 Å². The summed E-state index contributed by atoms with van der Waals surface area (Å²) in [4.78, 5) is 23.3. The van der Waals surface area contributed by atoms with Gasteiger partial charge < -0.3 is 10.2 Å². The summed E-state index contributed by atoms with van der Waals surface area (Å²) < 4.78 is 0. The van der Waals surface area contributed by atoms with Gasteiger partial charge in [-0.05, 0) is 38.7 Å². The first-order valence-corrected chi connectivity index (χ1v) is 8.60. The van der Waals surface area contributed by atoms with E-state index in [-0.39, 0.29) is 11.9 Å². The fourth-order valence-electron chi connectivity index (χ4n) is 3.06. The lowest BCUT2D eigenvalue weighted by Gasteiger charge is -2.26. The maximum absolute atomic E-state index is 12.7. The van der Waals surface area contributed by atoms with Gasteiger partial charge in [0.15, 0.2) is 0 Å². The van der Waals surface area contributed by atoms with E-state index in [0.29, 0.717) is 17.3 Å². The normalized spacial score (nSPS) is 15.8. The first-order chi connectivity index (χ1) is 11.6. The van der Waals surface area contributed by atoms with Crippen molar-refractivity contribution in [1.29, 1.82) is 0 Å². The van der Waals surface area contributed by atoms with E-state index in [2.05, 4.69) is 34.3 Å². The van der Waals surface area contributed by atoms with Gasteiger partial charge in [-0.25, -0.2) is 9.97 Å². The van der Waals surface area contributed by atoms with Crippen molar-refractivity contribution >= 4 is 11.7 Å². The van der Waals surface area contributed by atoms with Crippen molar-refractivity contribution < 1.29 is 4.79 Å². The summed E-state index contributed by atoms with van der Waals surface area (Å²) in [6, 6.07) is 12.1. The van der Waals surface area contributed by atoms with Crippen LogP contribution in [-0.4, -0.2) is 33.9 Å². The molecule has 1 aromatic heterocycles. The molecule has 0 aliphatic carbocycles. The second-order valence-corrected chi connectivity index (χ2v) is 6.32. The minimum atomic E-state index is 0.00983. The zero-order valence-corrected chi connectivity index (χ0v) is 14.3. The Labute approximate surface area is 143 Å². The van der Waals surface area contributed by atoms with E-state index in [9.17, 15) is 4.79 Å². The second-order valence-electron chi connectivity index (χ2n) is 6.32. The largest absolute Gasteiger partial charge is 0.363 e. The first-order valence-electron chi connectivity index (χ1n) is 8.60. The molecule has 0 saturated carbocycles. The molecular weight excluding hydrogens is 300 g/mol. The Morgan fingerprint density at radius 2 is 1.83 bits per heavy atom. The Bertz CT molecular complexity index is 696. The van der Waals surface area contributed by atoms with E-state index >= 15 is 0 Å². The molecule has 1 saturated heterocycles. The smallest absolute Gasteiger partial charge is 0.272 e. The lowest BCUT2D eigenvalue weighted by atomic mass is 10.1. The fourth-order valence-corrected chi connectivity index (χ4v) is 3.06. The van der Waals surface area contributed by atoms with E-state index in [1.807, 2.05) is 30.0 Å². The van der Waals surface area contributed by atoms with Crippen molar-refractivity contribution in [2.45, 2.75) is 39.2 Å². The summed E-state index contributed by atoms with van der Waals surface area (Å²) in [5.74, 6) is 1.32. The summed E-state index contributed by atoms with van der Waals surface area (Å²) in [6.45, 7) is 5.56. The average molecular weight is 324 g/mol. The number of rotatable bonds is 4. The molecular formula is C19H24N4O. The highest BCUT2D eigenvalue weighted by atomic mass is 16.2. The average Bonchev–Trinajstić information content (AvgIpc) is 2.62. The first kappa shape index (κ1) is 16.4. The number of piperidine rings is 1. The predicted octanol–water partition coefficient (Wildman–Crippen LogP) is 3.58. The molecule has 1 fully saturated rings. The van der Waals surface area contributed by atoms with Gasteiger partial charge in [-0.1, -0.05) is 30.3 Å². The predicted molar refractivity (Wildman–Crippen MR) is 95.0 cm³/mol. The van der Waals surface area contributed by atoms with Crippen LogP contribution in [0, 0.1) is 6.92 Å². The number of aromatic nitrogens is 2. The highest BCUT2D eigenvalue weighted by Crippen LogP contribution is 2.19. The van der Waals surface area contributed by atoms with Crippen LogP contribution >= 0.6 is 0 Å². The number of likely N-dealkylation sites (tertiary alicyclic amines) is 1. The van der Waals surface area contributed by atoms with Gasteiger partial charge in [-0.3, -0.25) is 4.79 Å². The molecule has 1 aromatic carbocycles. The Hall–Kier alpha value is -2.43. The van der Waals surface area contributed by atoms with Crippen LogP contribution < -0.4 is 5.32 Å². The summed E-state index contributed by atoms with van der Waals surface area (Å²) in [6.07, 6.45) is 3.35. The molecule has 1 aliphatic heterocycles. The number of hydrogen-bond acceptors (Lipinski definition) is 4. The van der Waals surface area contributed by atoms with Crippen LogP contribution in [0.1, 0.15) is 54.1 Å². The molecule has 2 aromatic rings. The van der Waals surface area contributed by atoms with Crippen molar-refractivity contribution in [3.05, 3.63) is 53.5 Å². The van der Waals surface area contributed by atoms with E-state index in [1.54, 1.807) is 6.07 Å². The van der Waals surface area contributed by atoms with Gasteiger partial charge in [0, 0.05) is 25.2 Å². The Kier molecular flexibility index (Phi) is 5.08. The van der Waals surface area contributed by atoms with Crippen LogP contribution in [-0.2, 0) is 0 Å². The number of carbonyl (C=O) groups is 1. The molecule has 1 aliphatic rings. The molecule has 1 amide bonds. The van der Waals surface area contributed by atoms with E-state index < -0.39 is 0 Å². The third kappa shape index (κ3) is 3.91. The topological polar surface area (TPSA) is 58.1 Å². The summed E-state index contributed by atoms with van der Waals surface area (Å²) in [5.41, 5.74) is 1.66. The number of benzene rings is 1. The van der Waals surface area contributed by atoms with Gasteiger partial charge in [0.05, 0.1) is 0 Å². The molecule has 5 nitrogen and oxygen atoms in total. The minimum Gasteiger partial charge on any atom is -0.363 e. The zero-order chi connectivity index (χ0) is 16.9. The molecule has 0 radical (unpaired) electrons. The molecule has 24 heavy (non-hydrogen) atoms. The van der Waals surface area contributed by atoms with Crippen LogP contribution in [0.15, 0.2) is 36.4 Å². The summed E-state index contributed by atoms with van der Waals surface area (Å²) >= 11 is 0. The van der Waals surface area contributed by atoms with Crippen molar-refractivity contribution in [1.82, 2.24) is 14.9 Å². The molecule has 0 bridgehead atoms. The van der Waals surface area contributed by atoms with Gasteiger partial charge in [0.25, 0.3) is 5.91 Å². The van der Waals surface area contributed by atoms with Crippen LogP contribution in [0.2, 0.25) is 0 Å². The number of anilines is 1. The highest BCUT2D eigenvalue weighted by Gasteiger charge is 2.20. The van der Waals surface area contributed by atoms with Crippen LogP contribution in [0.3, 0.4) is 0 Å². The SMILES string of the molecule is Cc1nc(NC(C)c2ccccc2)cc(C(=O)N2CCCCC2)n1. The number of nitrogens with zero attached hydrogens (tertiary/aromatic N) is 3. The molecule has 5 heteroatoms. The number of aryl methyl sites for hydroxylation is 1. The van der Waals surface area contributed by atoms with Crippen LogP contribution in [0.4, 0.5) is 5.82 Å². The quantitative estimate of drug-likeness (QED) is 0.934. The van der Waals surface area contributed by atoms with Crippen molar-refractivity contribution in [3.63, 3.8) is 0 Å². The Balaban J connectivity index is 1.77. The van der Waals surface area contributed by atoms with Gasteiger partial charge in [-0.2, -0.15) is 0 Å². The molecule has 1 atom stereocenters. The van der Waals surface area contributed by atoms with Crippen molar-refractivity contribution in [3.8, 4) is 0 Å². The molecule has 1 N–H and O–H groups in total. The molecule has 0 spiro atoms. The van der Waals surface area contributed by atoms with E-state index in [1.165, 1.54) is 12.0 Å². The Morgan fingerprint density at radius 1 is 1.12 bits per heavy atom. The third-order valence-electron chi connectivity index (χ3n) is 4.36. The molecule has 3 rings (SSSR count). The maximum atomic E-state index is 12.7. The van der Waals surface area contributed by atoms with Gasteiger partial charge in [-0.15, -0.1) is 0 Å². The van der Waals surface area contributed by atoms with Gasteiger partial charge in [0.1, 0.15) is 17.3 Å².